The Morgan fingerprint density at radius 2 is 1.62 bits per heavy atom. The minimum atomic E-state index is -0.956. The van der Waals surface area contributed by atoms with E-state index in [1.807, 2.05) is 24.3 Å². The number of phenolic OH excluding ortho intramolecular Hbond substituents is 1. The molecular formula is C15H13N3O3. The van der Waals surface area contributed by atoms with E-state index in [1.165, 1.54) is 16.9 Å². The van der Waals surface area contributed by atoms with Crippen LogP contribution in [0.25, 0.3) is 11.0 Å². The second-order valence-corrected chi connectivity index (χ2v) is 4.73. The zero-order valence-corrected chi connectivity index (χ0v) is 11.0. The third kappa shape index (κ3) is 2.69. The number of carboxylic acid groups (broad SMARTS) is 1. The van der Waals surface area contributed by atoms with Gasteiger partial charge in [0.25, 0.3) is 0 Å². The Hall–Kier alpha value is -2.89. The first-order valence-electron chi connectivity index (χ1n) is 6.45. The van der Waals surface area contributed by atoms with Gasteiger partial charge in [0.05, 0.1) is 6.54 Å². The summed E-state index contributed by atoms with van der Waals surface area (Å²) in [5.41, 5.74) is 2.06. The van der Waals surface area contributed by atoms with Crippen LogP contribution in [0.4, 0.5) is 0 Å². The average Bonchev–Trinajstić information content (AvgIpc) is 2.88. The van der Waals surface area contributed by atoms with Gasteiger partial charge in [-0.25, -0.2) is 0 Å². The maximum Gasteiger partial charge on any atom is 0.312 e. The topological polar surface area (TPSA) is 88.2 Å². The average molecular weight is 283 g/mol. The molecule has 0 saturated carbocycles. The molecule has 0 bridgehead atoms. The molecule has 0 aliphatic carbocycles. The molecule has 1 unspecified atom stereocenters. The molecule has 6 heteroatoms. The predicted molar refractivity (Wildman–Crippen MR) is 76.0 cm³/mol. The minimum Gasteiger partial charge on any atom is -0.508 e. The van der Waals surface area contributed by atoms with E-state index in [0.717, 1.165) is 11.0 Å². The van der Waals surface area contributed by atoms with Gasteiger partial charge in [-0.15, -0.1) is 0 Å². The highest BCUT2D eigenvalue weighted by molar-refractivity contribution is 5.76. The molecule has 0 aliphatic heterocycles. The fraction of sp³-hybridized carbons (Fsp3) is 0.133. The van der Waals surface area contributed by atoms with Gasteiger partial charge in [0.2, 0.25) is 0 Å². The first-order valence-corrected chi connectivity index (χ1v) is 6.45. The van der Waals surface area contributed by atoms with Crippen molar-refractivity contribution in [1.29, 1.82) is 0 Å². The van der Waals surface area contributed by atoms with Crippen LogP contribution in [0.1, 0.15) is 11.5 Å². The van der Waals surface area contributed by atoms with Gasteiger partial charge >= 0.3 is 5.97 Å². The highest BCUT2D eigenvalue weighted by Crippen LogP contribution is 2.21. The Balaban J connectivity index is 1.91. The van der Waals surface area contributed by atoms with Crippen molar-refractivity contribution in [1.82, 2.24) is 15.0 Å². The third-order valence-electron chi connectivity index (χ3n) is 3.27. The molecular weight excluding hydrogens is 270 g/mol. The normalized spacial score (nSPS) is 12.4. The molecule has 0 radical (unpaired) electrons. The summed E-state index contributed by atoms with van der Waals surface area (Å²) < 4.78 is 0. The van der Waals surface area contributed by atoms with Crippen LogP contribution >= 0.6 is 0 Å². The molecule has 2 N–H and O–H groups in total. The van der Waals surface area contributed by atoms with Gasteiger partial charge in [0, 0.05) is 0 Å². The number of fused-ring (bicyclic) bond motifs is 1. The van der Waals surface area contributed by atoms with Gasteiger partial charge in [-0.05, 0) is 29.8 Å². The summed E-state index contributed by atoms with van der Waals surface area (Å²) in [4.78, 5) is 12.9. The van der Waals surface area contributed by atoms with Crippen molar-refractivity contribution >= 4 is 17.0 Å². The third-order valence-corrected chi connectivity index (χ3v) is 3.27. The first-order chi connectivity index (χ1) is 10.1. The summed E-state index contributed by atoms with van der Waals surface area (Å²) >= 11 is 0. The number of aliphatic carboxylic acids is 1. The van der Waals surface area contributed by atoms with E-state index in [0.29, 0.717) is 5.56 Å². The van der Waals surface area contributed by atoms with Crippen molar-refractivity contribution in [3.63, 3.8) is 0 Å². The van der Waals surface area contributed by atoms with E-state index in [1.54, 1.807) is 12.1 Å². The summed E-state index contributed by atoms with van der Waals surface area (Å²) in [6.45, 7) is 0.134. The van der Waals surface area contributed by atoms with Crippen molar-refractivity contribution in [2.24, 2.45) is 0 Å². The molecule has 3 aromatic rings. The van der Waals surface area contributed by atoms with Gasteiger partial charge in [0.1, 0.15) is 22.7 Å². The standard InChI is InChI=1S/C15H13N3O3/c19-11-7-5-10(6-8-11)12(15(20)21)9-18-16-13-3-1-2-4-14(13)17-18/h1-8,12,19H,9H2,(H,20,21). The number of nitrogens with zero attached hydrogens (tertiary/aromatic N) is 3. The van der Waals surface area contributed by atoms with Gasteiger partial charge in [0.15, 0.2) is 0 Å². The fourth-order valence-corrected chi connectivity index (χ4v) is 2.18. The molecule has 21 heavy (non-hydrogen) atoms. The lowest BCUT2D eigenvalue weighted by Gasteiger charge is -2.12. The number of hydrogen-bond donors (Lipinski definition) is 2. The van der Waals surface area contributed by atoms with E-state index < -0.39 is 11.9 Å². The van der Waals surface area contributed by atoms with Crippen LogP contribution in [-0.2, 0) is 11.3 Å². The molecule has 1 atom stereocenters. The maximum absolute atomic E-state index is 11.5. The van der Waals surface area contributed by atoms with Crippen LogP contribution in [0.2, 0.25) is 0 Å². The molecule has 0 spiro atoms. The number of aromatic hydroxyl groups is 1. The van der Waals surface area contributed by atoms with Crippen LogP contribution in [-0.4, -0.2) is 31.2 Å². The van der Waals surface area contributed by atoms with Gasteiger partial charge < -0.3 is 10.2 Å². The largest absolute Gasteiger partial charge is 0.508 e. The number of carbonyl (C=O) groups is 1. The summed E-state index contributed by atoms with van der Waals surface area (Å²) in [7, 11) is 0. The van der Waals surface area contributed by atoms with E-state index in [4.69, 9.17) is 0 Å². The zero-order chi connectivity index (χ0) is 14.8. The van der Waals surface area contributed by atoms with Gasteiger partial charge in [-0.2, -0.15) is 15.0 Å². The highest BCUT2D eigenvalue weighted by atomic mass is 16.4. The van der Waals surface area contributed by atoms with Crippen LogP contribution < -0.4 is 0 Å². The Morgan fingerprint density at radius 3 is 2.14 bits per heavy atom. The molecule has 2 aromatic carbocycles. The summed E-state index contributed by atoms with van der Waals surface area (Å²) in [6.07, 6.45) is 0. The lowest BCUT2D eigenvalue weighted by molar-refractivity contribution is -0.139. The molecule has 0 saturated heterocycles. The number of aromatic nitrogens is 3. The van der Waals surface area contributed by atoms with Crippen molar-refractivity contribution in [2.45, 2.75) is 12.5 Å². The number of hydrogen-bond acceptors (Lipinski definition) is 4. The Morgan fingerprint density at radius 1 is 1.05 bits per heavy atom. The quantitative estimate of drug-likeness (QED) is 0.764. The van der Waals surface area contributed by atoms with E-state index in [2.05, 4.69) is 10.2 Å². The minimum absolute atomic E-state index is 0.103. The summed E-state index contributed by atoms with van der Waals surface area (Å²) in [5.74, 6) is -1.62. The van der Waals surface area contributed by atoms with Crippen molar-refractivity contribution in [3.05, 3.63) is 54.1 Å². The lowest BCUT2D eigenvalue weighted by Crippen LogP contribution is -2.19. The molecule has 0 aliphatic rings. The van der Waals surface area contributed by atoms with Crippen LogP contribution in [0.5, 0.6) is 5.75 Å². The predicted octanol–water partition coefficient (Wildman–Crippen LogP) is 2.01. The van der Waals surface area contributed by atoms with E-state index in [-0.39, 0.29) is 12.3 Å². The van der Waals surface area contributed by atoms with Crippen molar-refractivity contribution < 1.29 is 15.0 Å². The number of phenols is 1. The fourth-order valence-electron chi connectivity index (χ4n) is 2.18. The number of rotatable bonds is 4. The zero-order valence-electron chi connectivity index (χ0n) is 11.0. The SMILES string of the molecule is O=C(O)C(Cn1nc2ccccc2n1)c1ccc(O)cc1. The van der Waals surface area contributed by atoms with Crippen LogP contribution in [0.3, 0.4) is 0 Å². The Kier molecular flexibility index (Phi) is 3.27. The molecule has 3 rings (SSSR count). The van der Waals surface area contributed by atoms with Crippen molar-refractivity contribution in [2.75, 3.05) is 0 Å². The lowest BCUT2D eigenvalue weighted by atomic mass is 9.99. The summed E-state index contributed by atoms with van der Waals surface area (Å²) in [6, 6.07) is 13.5. The Bertz CT molecular complexity index is 747. The van der Waals surface area contributed by atoms with Crippen LogP contribution in [0.15, 0.2) is 48.5 Å². The first kappa shape index (κ1) is 13.1. The molecule has 1 heterocycles. The monoisotopic (exact) mass is 283 g/mol. The molecule has 0 amide bonds. The smallest absolute Gasteiger partial charge is 0.312 e. The molecule has 0 fully saturated rings. The van der Waals surface area contributed by atoms with E-state index in [9.17, 15) is 15.0 Å². The highest BCUT2D eigenvalue weighted by Gasteiger charge is 2.21. The Labute approximate surface area is 120 Å². The molecule has 1 aromatic heterocycles. The van der Waals surface area contributed by atoms with Gasteiger partial charge in [-0.1, -0.05) is 24.3 Å². The maximum atomic E-state index is 11.5. The molecule has 106 valence electrons. The number of benzene rings is 2. The van der Waals surface area contributed by atoms with E-state index >= 15 is 0 Å². The van der Waals surface area contributed by atoms with Crippen molar-refractivity contribution in [3.8, 4) is 5.75 Å². The molecule has 6 nitrogen and oxygen atoms in total. The van der Waals surface area contributed by atoms with Crippen LogP contribution in [0, 0.1) is 0 Å². The number of carboxylic acids is 1. The summed E-state index contributed by atoms with van der Waals surface area (Å²) in [5, 5.41) is 27.2. The second kappa shape index (κ2) is 5.24. The second-order valence-electron chi connectivity index (χ2n) is 4.73. The van der Waals surface area contributed by atoms with Gasteiger partial charge in [-0.3, -0.25) is 4.79 Å².